The maximum atomic E-state index is 13.4. The molecule has 3 heterocycles. The number of likely N-dealkylation sites (tertiary alicyclic amines) is 1. The van der Waals surface area contributed by atoms with E-state index in [0.717, 1.165) is 5.56 Å². The number of nitrogens with zero attached hydrogens (tertiary/aromatic N) is 2. The van der Waals surface area contributed by atoms with E-state index in [4.69, 9.17) is 10.5 Å². The summed E-state index contributed by atoms with van der Waals surface area (Å²) in [5.74, 6) is -0.446. The van der Waals surface area contributed by atoms with E-state index in [1.54, 1.807) is 48.8 Å². The van der Waals surface area contributed by atoms with Crippen LogP contribution in [0.3, 0.4) is 0 Å². The van der Waals surface area contributed by atoms with Gasteiger partial charge in [0.2, 0.25) is 5.91 Å². The number of ketones is 2. The van der Waals surface area contributed by atoms with Crippen molar-refractivity contribution in [3.05, 3.63) is 59.9 Å². The molecular weight excluding hydrogens is 412 g/mol. The van der Waals surface area contributed by atoms with Crippen molar-refractivity contribution >= 4 is 23.6 Å². The Morgan fingerprint density at radius 2 is 1.97 bits per heavy atom. The highest BCUT2D eigenvalue weighted by atomic mass is 16.5. The van der Waals surface area contributed by atoms with Gasteiger partial charge in [-0.15, -0.1) is 0 Å². The van der Waals surface area contributed by atoms with Gasteiger partial charge in [0.05, 0.1) is 6.54 Å². The van der Waals surface area contributed by atoms with Gasteiger partial charge in [0.25, 0.3) is 0 Å². The number of fused-ring (bicyclic) bond motifs is 1. The summed E-state index contributed by atoms with van der Waals surface area (Å²) in [6, 6.07) is 9.83. The van der Waals surface area contributed by atoms with Gasteiger partial charge in [0.15, 0.2) is 17.1 Å². The van der Waals surface area contributed by atoms with Crippen molar-refractivity contribution in [1.82, 2.24) is 15.2 Å². The Balaban J connectivity index is 1.48. The highest BCUT2D eigenvalue weighted by Gasteiger charge is 2.63. The number of carbonyl (C=O) groups is 4. The summed E-state index contributed by atoms with van der Waals surface area (Å²) >= 11 is 0. The van der Waals surface area contributed by atoms with Gasteiger partial charge in [0.1, 0.15) is 5.75 Å². The number of hydrogen-bond acceptors (Lipinski definition) is 7. The van der Waals surface area contributed by atoms with Gasteiger partial charge >= 0.3 is 6.09 Å². The molecule has 0 spiro atoms. The topological polar surface area (TPSA) is 132 Å². The smallest absolute Gasteiger partial charge is 0.409 e. The number of rotatable bonds is 7. The van der Waals surface area contributed by atoms with Gasteiger partial charge in [-0.3, -0.25) is 19.4 Å². The maximum Gasteiger partial charge on any atom is 0.409 e. The van der Waals surface area contributed by atoms with Crippen LogP contribution in [0.2, 0.25) is 0 Å². The molecule has 2 fully saturated rings. The lowest BCUT2D eigenvalue weighted by molar-refractivity contribution is -0.149. The Morgan fingerprint density at radius 3 is 2.66 bits per heavy atom. The van der Waals surface area contributed by atoms with Crippen LogP contribution in [0.5, 0.6) is 5.75 Å². The Hall–Kier alpha value is -3.59. The van der Waals surface area contributed by atoms with Gasteiger partial charge in [-0.2, -0.15) is 0 Å². The summed E-state index contributed by atoms with van der Waals surface area (Å²) in [6.07, 6.45) is 3.49. The molecule has 0 bridgehead atoms. The van der Waals surface area contributed by atoms with E-state index >= 15 is 0 Å². The van der Waals surface area contributed by atoms with Crippen LogP contribution >= 0.6 is 0 Å². The fourth-order valence-electron chi connectivity index (χ4n) is 4.65. The molecule has 166 valence electrons. The van der Waals surface area contributed by atoms with Crippen LogP contribution in [0.25, 0.3) is 0 Å². The van der Waals surface area contributed by atoms with Crippen LogP contribution in [0.4, 0.5) is 4.79 Å². The first-order chi connectivity index (χ1) is 15.4. The molecule has 2 aliphatic heterocycles. The Kier molecular flexibility index (Phi) is 6.00. The summed E-state index contributed by atoms with van der Waals surface area (Å²) in [6.45, 7) is 0.432. The second-order valence-corrected chi connectivity index (χ2v) is 7.98. The highest BCUT2D eigenvalue weighted by Crippen LogP contribution is 2.37. The average Bonchev–Trinajstić information content (AvgIpc) is 3.32. The van der Waals surface area contributed by atoms with Crippen molar-refractivity contribution in [2.45, 2.75) is 37.3 Å². The van der Waals surface area contributed by atoms with Gasteiger partial charge in [-0.1, -0.05) is 18.2 Å². The minimum absolute atomic E-state index is 0.0445. The predicted octanol–water partition coefficient (Wildman–Crippen LogP) is 0.796. The SMILES string of the molecule is NC(=O)Oc1ccc(CCC(=O)N2CCC3NCC(=O)C32C(=O)Cc2cccnc2)cc1. The number of ether oxygens (including phenoxy) is 1. The lowest BCUT2D eigenvalue weighted by atomic mass is 9.82. The number of aromatic nitrogens is 1. The van der Waals surface area contributed by atoms with Gasteiger partial charge in [-0.05, 0) is 42.2 Å². The lowest BCUT2D eigenvalue weighted by Crippen LogP contribution is -2.62. The first kappa shape index (κ1) is 21.6. The summed E-state index contributed by atoms with van der Waals surface area (Å²) in [5.41, 5.74) is 5.11. The number of aryl methyl sites for hydroxylation is 1. The highest BCUT2D eigenvalue weighted by molar-refractivity contribution is 6.17. The lowest BCUT2D eigenvalue weighted by Gasteiger charge is -2.35. The molecular formula is C23H24N4O5. The van der Waals surface area contributed by atoms with E-state index in [0.29, 0.717) is 30.7 Å². The minimum Gasteiger partial charge on any atom is -0.411 e. The predicted molar refractivity (Wildman–Crippen MR) is 114 cm³/mol. The Morgan fingerprint density at radius 1 is 1.19 bits per heavy atom. The third-order valence-corrected chi connectivity index (χ3v) is 6.09. The van der Waals surface area contributed by atoms with Gasteiger partial charge in [-0.25, -0.2) is 4.79 Å². The minimum atomic E-state index is -1.45. The molecule has 2 aromatic rings. The summed E-state index contributed by atoms with van der Waals surface area (Å²) < 4.78 is 4.80. The van der Waals surface area contributed by atoms with E-state index in [-0.39, 0.29) is 42.9 Å². The van der Waals surface area contributed by atoms with E-state index in [2.05, 4.69) is 10.3 Å². The number of amides is 2. The molecule has 1 aromatic heterocycles. The largest absolute Gasteiger partial charge is 0.411 e. The number of pyridine rings is 1. The molecule has 0 saturated carbocycles. The molecule has 2 amide bonds. The number of Topliss-reactive ketones (excluding diaryl/α,β-unsaturated/α-hetero) is 2. The molecule has 2 atom stereocenters. The second-order valence-electron chi connectivity index (χ2n) is 7.98. The first-order valence-electron chi connectivity index (χ1n) is 10.5. The molecule has 2 unspecified atom stereocenters. The fraction of sp³-hybridized carbons (Fsp3) is 0.348. The maximum absolute atomic E-state index is 13.4. The molecule has 9 nitrogen and oxygen atoms in total. The Bertz CT molecular complexity index is 1040. The van der Waals surface area contributed by atoms with Crippen LogP contribution in [0.15, 0.2) is 48.8 Å². The van der Waals surface area contributed by atoms with Crippen molar-refractivity contribution in [2.75, 3.05) is 13.1 Å². The molecule has 4 rings (SSSR count). The van der Waals surface area contributed by atoms with E-state index < -0.39 is 11.6 Å². The zero-order valence-corrected chi connectivity index (χ0v) is 17.5. The number of carbonyl (C=O) groups excluding carboxylic acids is 4. The fourth-order valence-corrected chi connectivity index (χ4v) is 4.65. The summed E-state index contributed by atoms with van der Waals surface area (Å²) in [4.78, 5) is 55.9. The number of hydrogen-bond donors (Lipinski definition) is 2. The molecule has 1 aromatic carbocycles. The van der Waals surface area contributed by atoms with Crippen molar-refractivity contribution in [3.8, 4) is 5.75 Å². The number of primary amides is 1. The van der Waals surface area contributed by atoms with Crippen LogP contribution in [-0.4, -0.2) is 58.1 Å². The number of nitrogens with two attached hydrogens (primary N) is 1. The van der Waals surface area contributed by atoms with E-state index in [1.807, 2.05) is 0 Å². The van der Waals surface area contributed by atoms with Gasteiger partial charge < -0.3 is 20.7 Å². The van der Waals surface area contributed by atoms with E-state index in [1.165, 1.54) is 4.90 Å². The molecule has 0 aliphatic carbocycles. The number of benzene rings is 1. The van der Waals surface area contributed by atoms with Crippen molar-refractivity contribution < 1.29 is 23.9 Å². The van der Waals surface area contributed by atoms with E-state index in [9.17, 15) is 19.2 Å². The molecule has 2 aliphatic rings. The van der Waals surface area contributed by atoms with Crippen LogP contribution < -0.4 is 15.8 Å². The monoisotopic (exact) mass is 436 g/mol. The third-order valence-electron chi connectivity index (χ3n) is 6.09. The third kappa shape index (κ3) is 3.99. The standard InChI is InChI=1S/C23H24N4O5/c24-22(31)32-17-6-3-15(4-7-17)5-8-21(30)27-11-9-18-23(27,20(29)14-26-18)19(28)12-16-2-1-10-25-13-16/h1-4,6-7,10,13,18,26H,5,8-9,11-12,14H2,(H2,24,31). The normalized spacial score (nSPS) is 21.9. The molecule has 9 heteroatoms. The summed E-state index contributed by atoms with van der Waals surface area (Å²) in [7, 11) is 0. The van der Waals surface area contributed by atoms with Crippen molar-refractivity contribution in [3.63, 3.8) is 0 Å². The van der Waals surface area contributed by atoms with Crippen LogP contribution in [-0.2, 0) is 27.2 Å². The molecule has 0 radical (unpaired) electrons. The van der Waals surface area contributed by atoms with Crippen molar-refractivity contribution in [2.24, 2.45) is 5.73 Å². The quantitative estimate of drug-likeness (QED) is 0.614. The molecule has 2 saturated heterocycles. The second kappa shape index (κ2) is 8.88. The summed E-state index contributed by atoms with van der Waals surface area (Å²) in [5, 5.41) is 3.12. The Labute approximate surface area is 184 Å². The molecule has 32 heavy (non-hydrogen) atoms. The zero-order chi connectivity index (χ0) is 22.7. The van der Waals surface area contributed by atoms with Gasteiger partial charge in [0, 0.05) is 37.8 Å². The van der Waals surface area contributed by atoms with Crippen LogP contribution in [0, 0.1) is 0 Å². The first-order valence-corrected chi connectivity index (χ1v) is 10.5. The zero-order valence-electron chi connectivity index (χ0n) is 17.5. The number of nitrogens with one attached hydrogen (secondary N) is 1. The van der Waals surface area contributed by atoms with Crippen molar-refractivity contribution in [1.29, 1.82) is 0 Å². The van der Waals surface area contributed by atoms with Crippen LogP contribution in [0.1, 0.15) is 24.0 Å². The molecule has 3 N–H and O–H groups in total. The average molecular weight is 436 g/mol.